The van der Waals surface area contributed by atoms with Crippen molar-refractivity contribution in [2.75, 3.05) is 31.2 Å². The molecule has 0 saturated carbocycles. The van der Waals surface area contributed by atoms with Crippen LogP contribution < -0.4 is 10.2 Å². The van der Waals surface area contributed by atoms with Crippen LogP contribution >= 0.6 is 0 Å². The Labute approximate surface area is 141 Å². The molecule has 0 aliphatic carbocycles. The van der Waals surface area contributed by atoms with E-state index in [1.54, 1.807) is 12.5 Å². The molecule has 3 rings (SSSR count). The lowest BCUT2D eigenvalue weighted by molar-refractivity contribution is 0.0937. The smallest absolute Gasteiger partial charge is 0.253 e. The second-order valence-electron chi connectivity index (χ2n) is 6.00. The summed E-state index contributed by atoms with van der Waals surface area (Å²) >= 11 is 0. The van der Waals surface area contributed by atoms with E-state index in [1.807, 2.05) is 31.2 Å². The number of furan rings is 1. The van der Waals surface area contributed by atoms with E-state index in [0.29, 0.717) is 5.56 Å². The third-order valence-electron chi connectivity index (χ3n) is 4.13. The van der Waals surface area contributed by atoms with E-state index in [9.17, 15) is 4.79 Å². The fourth-order valence-electron chi connectivity index (χ4n) is 2.69. The van der Waals surface area contributed by atoms with Crippen molar-refractivity contribution in [1.82, 2.24) is 10.3 Å². The van der Waals surface area contributed by atoms with Crippen molar-refractivity contribution in [2.45, 2.75) is 25.8 Å². The molecule has 1 saturated heterocycles. The number of nitrogens with zero attached hydrogens (tertiary/aromatic N) is 2. The van der Waals surface area contributed by atoms with Crippen molar-refractivity contribution in [2.24, 2.45) is 0 Å². The van der Waals surface area contributed by atoms with E-state index in [2.05, 4.69) is 15.2 Å². The fourth-order valence-corrected chi connectivity index (χ4v) is 2.69. The summed E-state index contributed by atoms with van der Waals surface area (Å²) < 4.78 is 10.6. The number of rotatable bonds is 6. The zero-order valence-corrected chi connectivity index (χ0v) is 13.9. The summed E-state index contributed by atoms with van der Waals surface area (Å²) in [6.07, 6.45) is 4.95. The van der Waals surface area contributed by atoms with Gasteiger partial charge in [0.1, 0.15) is 11.6 Å². The predicted molar refractivity (Wildman–Crippen MR) is 91.2 cm³/mol. The molecule has 1 N–H and O–H groups in total. The number of carbonyl (C=O) groups is 1. The number of aromatic nitrogens is 1. The summed E-state index contributed by atoms with van der Waals surface area (Å²) in [5.41, 5.74) is 0.580. The van der Waals surface area contributed by atoms with Crippen LogP contribution in [0.2, 0.25) is 0 Å². The average molecular weight is 329 g/mol. The van der Waals surface area contributed by atoms with Gasteiger partial charge >= 0.3 is 0 Å². The molecule has 1 fully saturated rings. The van der Waals surface area contributed by atoms with Crippen LogP contribution in [0.5, 0.6) is 0 Å². The topological polar surface area (TPSA) is 67.6 Å². The SMILES string of the molecule is CC(CCc1ccco1)NC(=O)c1ccc(N2CCOCC2)nc1. The summed E-state index contributed by atoms with van der Waals surface area (Å²) in [6, 6.07) is 7.62. The first-order valence-electron chi connectivity index (χ1n) is 8.34. The summed E-state index contributed by atoms with van der Waals surface area (Å²) in [6.45, 7) is 5.11. The monoisotopic (exact) mass is 329 g/mol. The van der Waals surface area contributed by atoms with Gasteiger partial charge < -0.3 is 19.4 Å². The van der Waals surface area contributed by atoms with Gasteiger partial charge in [0.15, 0.2) is 0 Å². The van der Waals surface area contributed by atoms with Crippen molar-refractivity contribution >= 4 is 11.7 Å². The Kier molecular flexibility index (Phi) is 5.48. The number of hydrogen-bond acceptors (Lipinski definition) is 5. The van der Waals surface area contributed by atoms with E-state index < -0.39 is 0 Å². The standard InChI is InChI=1S/C18H23N3O3/c1-14(4-6-16-3-2-10-24-16)20-18(22)15-5-7-17(19-13-15)21-8-11-23-12-9-21/h2-3,5,7,10,13-14H,4,6,8-9,11-12H2,1H3,(H,20,22). The van der Waals surface area contributed by atoms with Gasteiger partial charge in [-0.2, -0.15) is 0 Å². The molecule has 1 atom stereocenters. The van der Waals surface area contributed by atoms with Gasteiger partial charge in [-0.25, -0.2) is 4.98 Å². The quantitative estimate of drug-likeness (QED) is 0.880. The number of anilines is 1. The first-order valence-corrected chi connectivity index (χ1v) is 8.34. The molecule has 0 spiro atoms. The van der Waals surface area contributed by atoms with Crippen LogP contribution in [0.3, 0.4) is 0 Å². The second-order valence-corrected chi connectivity index (χ2v) is 6.00. The van der Waals surface area contributed by atoms with E-state index in [1.165, 1.54) is 0 Å². The molecule has 6 heteroatoms. The molecule has 2 aromatic heterocycles. The molecule has 24 heavy (non-hydrogen) atoms. The van der Waals surface area contributed by atoms with Crippen LogP contribution in [0.15, 0.2) is 41.1 Å². The minimum absolute atomic E-state index is 0.0709. The Bertz CT molecular complexity index is 634. The maximum Gasteiger partial charge on any atom is 0.253 e. The highest BCUT2D eigenvalue weighted by molar-refractivity contribution is 5.94. The number of carbonyl (C=O) groups excluding carboxylic acids is 1. The summed E-state index contributed by atoms with van der Waals surface area (Å²) in [5, 5.41) is 3.00. The minimum atomic E-state index is -0.0945. The molecule has 6 nitrogen and oxygen atoms in total. The minimum Gasteiger partial charge on any atom is -0.469 e. The predicted octanol–water partition coefficient (Wildman–Crippen LogP) is 2.26. The normalized spacial score (nSPS) is 16.0. The molecule has 3 heterocycles. The van der Waals surface area contributed by atoms with Gasteiger partial charge in [-0.1, -0.05) is 0 Å². The van der Waals surface area contributed by atoms with Crippen LogP contribution in [0, 0.1) is 0 Å². The molecule has 128 valence electrons. The number of morpholine rings is 1. The van der Waals surface area contributed by atoms with Gasteiger partial charge in [0.25, 0.3) is 5.91 Å². The van der Waals surface area contributed by atoms with Crippen LogP contribution in [0.1, 0.15) is 29.5 Å². The Morgan fingerprint density at radius 2 is 2.17 bits per heavy atom. The molecule has 0 aromatic carbocycles. The lowest BCUT2D eigenvalue weighted by Gasteiger charge is -2.27. The van der Waals surface area contributed by atoms with Crippen molar-refractivity contribution in [3.8, 4) is 0 Å². The molecule has 0 bridgehead atoms. The number of ether oxygens (including phenoxy) is 1. The van der Waals surface area contributed by atoms with Gasteiger partial charge in [-0.05, 0) is 37.6 Å². The van der Waals surface area contributed by atoms with E-state index in [0.717, 1.165) is 50.7 Å². The maximum absolute atomic E-state index is 12.3. The number of pyridine rings is 1. The van der Waals surface area contributed by atoms with E-state index in [4.69, 9.17) is 9.15 Å². The third kappa shape index (κ3) is 4.35. The molecular formula is C18H23N3O3. The fraction of sp³-hybridized carbons (Fsp3) is 0.444. The molecule has 1 amide bonds. The molecule has 1 aliphatic heterocycles. The van der Waals surface area contributed by atoms with Gasteiger partial charge in [0.2, 0.25) is 0 Å². The van der Waals surface area contributed by atoms with Gasteiger partial charge in [0.05, 0.1) is 25.0 Å². The Hall–Kier alpha value is -2.34. The van der Waals surface area contributed by atoms with Crippen LogP contribution in [0.25, 0.3) is 0 Å². The van der Waals surface area contributed by atoms with Crippen molar-refractivity contribution in [3.05, 3.63) is 48.0 Å². The molecule has 0 radical (unpaired) electrons. The zero-order valence-electron chi connectivity index (χ0n) is 13.9. The maximum atomic E-state index is 12.3. The highest BCUT2D eigenvalue weighted by atomic mass is 16.5. The second kappa shape index (κ2) is 7.97. The highest BCUT2D eigenvalue weighted by Gasteiger charge is 2.14. The third-order valence-corrected chi connectivity index (χ3v) is 4.13. The summed E-state index contributed by atoms with van der Waals surface area (Å²) in [4.78, 5) is 18.9. The largest absolute Gasteiger partial charge is 0.469 e. The van der Waals surface area contributed by atoms with Crippen LogP contribution in [-0.2, 0) is 11.2 Å². The number of aryl methyl sites for hydroxylation is 1. The van der Waals surface area contributed by atoms with E-state index >= 15 is 0 Å². The van der Waals surface area contributed by atoms with Crippen LogP contribution in [-0.4, -0.2) is 43.2 Å². The molecular weight excluding hydrogens is 306 g/mol. The lowest BCUT2D eigenvalue weighted by atomic mass is 10.1. The van der Waals surface area contributed by atoms with Crippen molar-refractivity contribution < 1.29 is 13.9 Å². The summed E-state index contributed by atoms with van der Waals surface area (Å²) in [5.74, 6) is 1.73. The van der Waals surface area contributed by atoms with Gasteiger partial charge in [0, 0.05) is 31.7 Å². The van der Waals surface area contributed by atoms with Crippen LogP contribution in [0.4, 0.5) is 5.82 Å². The van der Waals surface area contributed by atoms with Gasteiger partial charge in [-0.3, -0.25) is 4.79 Å². The van der Waals surface area contributed by atoms with E-state index in [-0.39, 0.29) is 11.9 Å². The zero-order chi connectivity index (χ0) is 16.8. The number of hydrogen-bond donors (Lipinski definition) is 1. The molecule has 1 aliphatic rings. The first-order chi connectivity index (χ1) is 11.7. The molecule has 2 aromatic rings. The number of nitrogens with one attached hydrogen (secondary N) is 1. The average Bonchev–Trinajstić information content (AvgIpc) is 3.14. The van der Waals surface area contributed by atoms with Crippen molar-refractivity contribution in [3.63, 3.8) is 0 Å². The van der Waals surface area contributed by atoms with Gasteiger partial charge in [-0.15, -0.1) is 0 Å². The Morgan fingerprint density at radius 1 is 1.33 bits per heavy atom. The molecule has 1 unspecified atom stereocenters. The Morgan fingerprint density at radius 3 is 2.83 bits per heavy atom. The lowest BCUT2D eigenvalue weighted by Crippen LogP contribution is -2.37. The van der Waals surface area contributed by atoms with Crippen molar-refractivity contribution in [1.29, 1.82) is 0 Å². The summed E-state index contributed by atoms with van der Waals surface area (Å²) in [7, 11) is 0. The number of amides is 1. The Balaban J connectivity index is 1.50. The highest BCUT2D eigenvalue weighted by Crippen LogP contribution is 2.13. The first kappa shape index (κ1) is 16.5.